The van der Waals surface area contributed by atoms with Crippen LogP contribution in [-0.2, 0) is 0 Å². The molecule has 1 unspecified atom stereocenters. The van der Waals surface area contributed by atoms with Gasteiger partial charge in [0.2, 0.25) is 0 Å². The summed E-state index contributed by atoms with van der Waals surface area (Å²) in [6.07, 6.45) is 0.0246. The Bertz CT molecular complexity index is 337. The van der Waals surface area contributed by atoms with Crippen molar-refractivity contribution in [3.05, 3.63) is 23.8 Å². The van der Waals surface area contributed by atoms with E-state index in [-0.39, 0.29) is 6.10 Å². The molecule has 0 saturated heterocycles. The molecule has 0 radical (unpaired) electrons. The molecule has 90 valence electrons. The maximum atomic E-state index is 5.85. The standard InChI is InChI=1S/C13H21NO2/c1-9(2)13(8-14)16-11-6-5-10(3)7-12(11)15-4/h5-7,9,13H,8,14H2,1-4H3. The predicted molar refractivity (Wildman–Crippen MR) is 66.0 cm³/mol. The minimum Gasteiger partial charge on any atom is -0.493 e. The molecule has 0 spiro atoms. The van der Waals surface area contributed by atoms with E-state index in [0.29, 0.717) is 12.5 Å². The summed E-state index contributed by atoms with van der Waals surface area (Å²) in [5.41, 5.74) is 6.83. The highest BCUT2D eigenvalue weighted by molar-refractivity contribution is 5.42. The zero-order valence-electron chi connectivity index (χ0n) is 10.5. The van der Waals surface area contributed by atoms with Crippen LogP contribution in [0.15, 0.2) is 18.2 Å². The van der Waals surface area contributed by atoms with Crippen LogP contribution in [0.1, 0.15) is 19.4 Å². The van der Waals surface area contributed by atoms with Crippen LogP contribution >= 0.6 is 0 Å². The summed E-state index contributed by atoms with van der Waals surface area (Å²) >= 11 is 0. The van der Waals surface area contributed by atoms with Crippen molar-refractivity contribution in [2.45, 2.75) is 26.9 Å². The SMILES string of the molecule is COc1cc(C)ccc1OC(CN)C(C)C. The Morgan fingerprint density at radius 3 is 2.44 bits per heavy atom. The normalized spacial score (nSPS) is 12.6. The largest absolute Gasteiger partial charge is 0.493 e. The Labute approximate surface area is 97.6 Å². The Hall–Kier alpha value is -1.22. The quantitative estimate of drug-likeness (QED) is 0.833. The Balaban J connectivity index is 2.87. The highest BCUT2D eigenvalue weighted by Gasteiger charge is 2.15. The van der Waals surface area contributed by atoms with Crippen molar-refractivity contribution in [1.82, 2.24) is 0 Å². The fraction of sp³-hybridized carbons (Fsp3) is 0.538. The first-order valence-corrected chi connectivity index (χ1v) is 5.59. The molecular formula is C13H21NO2. The van der Waals surface area contributed by atoms with E-state index in [4.69, 9.17) is 15.2 Å². The number of hydrogen-bond donors (Lipinski definition) is 1. The Morgan fingerprint density at radius 1 is 1.25 bits per heavy atom. The zero-order valence-corrected chi connectivity index (χ0v) is 10.5. The second kappa shape index (κ2) is 5.75. The molecule has 0 amide bonds. The van der Waals surface area contributed by atoms with E-state index in [1.807, 2.05) is 25.1 Å². The molecule has 0 aromatic heterocycles. The lowest BCUT2D eigenvalue weighted by molar-refractivity contribution is 0.153. The zero-order chi connectivity index (χ0) is 12.1. The molecule has 0 bridgehead atoms. The second-order valence-electron chi connectivity index (χ2n) is 4.29. The van der Waals surface area contributed by atoms with Gasteiger partial charge in [0, 0.05) is 6.54 Å². The third-order valence-electron chi connectivity index (χ3n) is 2.57. The first kappa shape index (κ1) is 12.8. The van der Waals surface area contributed by atoms with Gasteiger partial charge in [-0.2, -0.15) is 0 Å². The molecule has 3 nitrogen and oxygen atoms in total. The number of rotatable bonds is 5. The Morgan fingerprint density at radius 2 is 1.94 bits per heavy atom. The van der Waals surface area contributed by atoms with Gasteiger partial charge in [0.25, 0.3) is 0 Å². The lowest BCUT2D eigenvalue weighted by Crippen LogP contribution is -2.31. The fourth-order valence-electron chi connectivity index (χ4n) is 1.49. The van der Waals surface area contributed by atoms with Gasteiger partial charge in [-0.25, -0.2) is 0 Å². The van der Waals surface area contributed by atoms with Gasteiger partial charge in [0.05, 0.1) is 7.11 Å². The number of ether oxygens (including phenoxy) is 2. The first-order valence-electron chi connectivity index (χ1n) is 5.59. The fourth-order valence-corrected chi connectivity index (χ4v) is 1.49. The van der Waals surface area contributed by atoms with Crippen LogP contribution in [0.5, 0.6) is 11.5 Å². The number of hydrogen-bond acceptors (Lipinski definition) is 3. The van der Waals surface area contributed by atoms with E-state index in [2.05, 4.69) is 13.8 Å². The first-order chi connectivity index (χ1) is 7.58. The lowest BCUT2D eigenvalue weighted by atomic mass is 10.1. The van der Waals surface area contributed by atoms with Crippen molar-refractivity contribution in [1.29, 1.82) is 0 Å². The van der Waals surface area contributed by atoms with Gasteiger partial charge < -0.3 is 15.2 Å². The van der Waals surface area contributed by atoms with E-state index in [9.17, 15) is 0 Å². The van der Waals surface area contributed by atoms with E-state index in [1.165, 1.54) is 0 Å². The van der Waals surface area contributed by atoms with Gasteiger partial charge >= 0.3 is 0 Å². The van der Waals surface area contributed by atoms with E-state index >= 15 is 0 Å². The van der Waals surface area contributed by atoms with E-state index in [1.54, 1.807) is 7.11 Å². The number of aryl methyl sites for hydroxylation is 1. The van der Waals surface area contributed by atoms with Gasteiger partial charge in [0.15, 0.2) is 11.5 Å². The van der Waals surface area contributed by atoms with Gasteiger partial charge in [-0.3, -0.25) is 0 Å². The summed E-state index contributed by atoms with van der Waals surface area (Å²) in [5.74, 6) is 1.91. The highest BCUT2D eigenvalue weighted by Crippen LogP contribution is 2.29. The number of methoxy groups -OCH3 is 1. The second-order valence-corrected chi connectivity index (χ2v) is 4.29. The molecule has 0 heterocycles. The van der Waals surface area contributed by atoms with Crippen LogP contribution in [0.4, 0.5) is 0 Å². The van der Waals surface area contributed by atoms with Crippen LogP contribution in [0.3, 0.4) is 0 Å². The third-order valence-corrected chi connectivity index (χ3v) is 2.57. The van der Waals surface area contributed by atoms with E-state index in [0.717, 1.165) is 17.1 Å². The van der Waals surface area contributed by atoms with Gasteiger partial charge in [-0.15, -0.1) is 0 Å². The average Bonchev–Trinajstić information content (AvgIpc) is 2.26. The minimum atomic E-state index is 0.0246. The third kappa shape index (κ3) is 3.14. The summed E-state index contributed by atoms with van der Waals surface area (Å²) in [6, 6.07) is 5.90. The van der Waals surface area contributed by atoms with Crippen LogP contribution in [0.2, 0.25) is 0 Å². The molecule has 0 aliphatic heterocycles. The molecule has 1 aromatic carbocycles. The van der Waals surface area contributed by atoms with E-state index < -0.39 is 0 Å². The van der Waals surface area contributed by atoms with Gasteiger partial charge in [-0.05, 0) is 30.5 Å². The smallest absolute Gasteiger partial charge is 0.161 e. The molecule has 3 heteroatoms. The topological polar surface area (TPSA) is 44.5 Å². The van der Waals surface area contributed by atoms with Crippen molar-refractivity contribution in [2.24, 2.45) is 11.7 Å². The monoisotopic (exact) mass is 223 g/mol. The highest BCUT2D eigenvalue weighted by atomic mass is 16.5. The maximum Gasteiger partial charge on any atom is 0.161 e. The van der Waals surface area contributed by atoms with Crippen molar-refractivity contribution in [2.75, 3.05) is 13.7 Å². The minimum absolute atomic E-state index is 0.0246. The summed E-state index contributed by atoms with van der Waals surface area (Å²) in [5, 5.41) is 0. The molecule has 1 rings (SSSR count). The molecule has 1 atom stereocenters. The molecular weight excluding hydrogens is 202 g/mol. The predicted octanol–water partition coefficient (Wildman–Crippen LogP) is 2.37. The molecule has 0 aliphatic carbocycles. The van der Waals surface area contributed by atoms with Crippen molar-refractivity contribution in [3.8, 4) is 11.5 Å². The Kier molecular flexibility index (Phi) is 4.62. The summed E-state index contributed by atoms with van der Waals surface area (Å²) in [7, 11) is 1.65. The summed E-state index contributed by atoms with van der Waals surface area (Å²) in [6.45, 7) is 6.72. The summed E-state index contributed by atoms with van der Waals surface area (Å²) in [4.78, 5) is 0. The number of nitrogens with two attached hydrogens (primary N) is 1. The lowest BCUT2D eigenvalue weighted by Gasteiger charge is -2.22. The van der Waals surface area contributed by atoms with Gasteiger partial charge in [0.1, 0.15) is 6.10 Å². The molecule has 0 saturated carbocycles. The van der Waals surface area contributed by atoms with Gasteiger partial charge in [-0.1, -0.05) is 19.9 Å². The summed E-state index contributed by atoms with van der Waals surface area (Å²) < 4.78 is 11.1. The number of benzene rings is 1. The molecule has 1 aromatic rings. The molecule has 0 aliphatic rings. The average molecular weight is 223 g/mol. The van der Waals surface area contributed by atoms with Crippen LogP contribution in [-0.4, -0.2) is 19.8 Å². The van der Waals surface area contributed by atoms with Crippen LogP contribution in [0.25, 0.3) is 0 Å². The molecule has 16 heavy (non-hydrogen) atoms. The maximum absolute atomic E-state index is 5.85. The molecule has 2 N–H and O–H groups in total. The molecule has 0 fully saturated rings. The van der Waals surface area contributed by atoms with Crippen LogP contribution in [0, 0.1) is 12.8 Å². The van der Waals surface area contributed by atoms with Crippen LogP contribution < -0.4 is 15.2 Å². The van der Waals surface area contributed by atoms with Crippen molar-refractivity contribution < 1.29 is 9.47 Å². The van der Waals surface area contributed by atoms with Crippen molar-refractivity contribution >= 4 is 0 Å². The van der Waals surface area contributed by atoms with Crippen molar-refractivity contribution in [3.63, 3.8) is 0 Å².